The molecule has 2 aromatic rings. The highest BCUT2D eigenvalue weighted by Gasteiger charge is 2.15. The van der Waals surface area contributed by atoms with Crippen LogP contribution in [0, 0.1) is 34.6 Å². The fourth-order valence-corrected chi connectivity index (χ4v) is 3.15. The Kier molecular flexibility index (Phi) is 6.18. The minimum Gasteiger partial charge on any atom is -0.336 e. The molecule has 6 heteroatoms. The van der Waals surface area contributed by atoms with Gasteiger partial charge in [-0.15, -0.1) is 0 Å². The number of aryl methyl sites for hydroxylation is 6. The summed E-state index contributed by atoms with van der Waals surface area (Å²) in [7, 11) is 1.65. The molecule has 1 N–H and O–H groups in total. The van der Waals surface area contributed by atoms with E-state index < -0.39 is 0 Å². The van der Waals surface area contributed by atoms with Crippen LogP contribution in [0.3, 0.4) is 0 Å². The summed E-state index contributed by atoms with van der Waals surface area (Å²) in [5, 5.41) is 7.28. The van der Waals surface area contributed by atoms with Crippen molar-refractivity contribution in [3.8, 4) is 0 Å². The van der Waals surface area contributed by atoms with Crippen LogP contribution in [-0.4, -0.2) is 40.1 Å². The van der Waals surface area contributed by atoms with E-state index >= 15 is 0 Å². The van der Waals surface area contributed by atoms with Gasteiger partial charge in [-0.1, -0.05) is 17.7 Å². The molecule has 2 rings (SSSR count). The van der Waals surface area contributed by atoms with Gasteiger partial charge in [0.05, 0.1) is 12.2 Å². The van der Waals surface area contributed by atoms with Crippen molar-refractivity contribution in [2.75, 3.05) is 18.9 Å². The van der Waals surface area contributed by atoms with Gasteiger partial charge < -0.3 is 10.2 Å². The van der Waals surface area contributed by atoms with Gasteiger partial charge in [-0.3, -0.25) is 14.3 Å². The van der Waals surface area contributed by atoms with Crippen LogP contribution in [-0.2, 0) is 16.1 Å². The number of rotatable bonds is 6. The summed E-state index contributed by atoms with van der Waals surface area (Å²) in [4.78, 5) is 26.1. The number of nitrogens with zero attached hydrogens (tertiary/aromatic N) is 3. The van der Waals surface area contributed by atoms with Crippen LogP contribution in [0.5, 0.6) is 0 Å². The van der Waals surface area contributed by atoms with E-state index in [9.17, 15) is 9.59 Å². The Morgan fingerprint density at radius 1 is 1.08 bits per heavy atom. The van der Waals surface area contributed by atoms with E-state index in [-0.39, 0.29) is 18.4 Å². The van der Waals surface area contributed by atoms with Crippen molar-refractivity contribution in [3.63, 3.8) is 0 Å². The number of carbonyl (C=O) groups excluding carboxylic acids is 2. The summed E-state index contributed by atoms with van der Waals surface area (Å²) in [6.45, 7) is 10.4. The maximum absolute atomic E-state index is 12.3. The van der Waals surface area contributed by atoms with Gasteiger partial charge in [0, 0.05) is 31.4 Å². The third-order valence-corrected chi connectivity index (χ3v) is 4.39. The number of benzene rings is 1. The number of aromatic nitrogens is 2. The molecule has 0 bridgehead atoms. The molecule has 0 aliphatic rings. The van der Waals surface area contributed by atoms with Crippen molar-refractivity contribution in [3.05, 3.63) is 46.3 Å². The summed E-state index contributed by atoms with van der Waals surface area (Å²) in [5.74, 6) is -0.271. The van der Waals surface area contributed by atoms with Crippen LogP contribution in [0.1, 0.15) is 34.5 Å². The van der Waals surface area contributed by atoms with Gasteiger partial charge in [-0.05, 0) is 51.8 Å². The smallest absolute Gasteiger partial charge is 0.243 e. The van der Waals surface area contributed by atoms with Crippen LogP contribution >= 0.6 is 0 Å². The summed E-state index contributed by atoms with van der Waals surface area (Å²) in [5.41, 5.74) is 6.00. The van der Waals surface area contributed by atoms with Crippen molar-refractivity contribution in [1.29, 1.82) is 0 Å². The number of anilines is 1. The molecule has 2 amide bonds. The Bertz CT molecular complexity index is 800. The van der Waals surface area contributed by atoms with E-state index in [1.165, 1.54) is 4.90 Å². The fourth-order valence-electron chi connectivity index (χ4n) is 3.15. The molecule has 26 heavy (non-hydrogen) atoms. The first-order chi connectivity index (χ1) is 12.2. The van der Waals surface area contributed by atoms with Crippen molar-refractivity contribution < 1.29 is 9.59 Å². The van der Waals surface area contributed by atoms with Crippen molar-refractivity contribution in [2.24, 2.45) is 0 Å². The minimum absolute atomic E-state index is 0.0305. The Labute approximate surface area is 155 Å². The molecule has 0 fully saturated rings. The lowest BCUT2D eigenvalue weighted by Crippen LogP contribution is -2.35. The maximum Gasteiger partial charge on any atom is 0.243 e. The predicted molar refractivity (Wildman–Crippen MR) is 103 cm³/mol. The fraction of sp³-hybridized carbons (Fsp3) is 0.450. The number of hydrogen-bond acceptors (Lipinski definition) is 3. The minimum atomic E-state index is -0.193. The first-order valence-electron chi connectivity index (χ1n) is 8.80. The second-order valence-corrected chi connectivity index (χ2v) is 6.97. The van der Waals surface area contributed by atoms with Crippen molar-refractivity contribution >= 4 is 17.5 Å². The molecule has 0 aliphatic heterocycles. The van der Waals surface area contributed by atoms with Gasteiger partial charge in [0.15, 0.2) is 0 Å². The highest BCUT2D eigenvalue weighted by molar-refractivity contribution is 5.95. The predicted octanol–water partition coefficient (Wildman–Crippen LogP) is 2.91. The quantitative estimate of drug-likeness (QED) is 0.865. The second kappa shape index (κ2) is 8.17. The van der Waals surface area contributed by atoms with E-state index in [1.807, 2.05) is 57.5 Å². The lowest BCUT2D eigenvalue weighted by atomic mass is 10.1. The van der Waals surface area contributed by atoms with E-state index in [0.29, 0.717) is 13.0 Å². The van der Waals surface area contributed by atoms with Crippen molar-refractivity contribution in [2.45, 2.75) is 47.6 Å². The zero-order valence-electron chi connectivity index (χ0n) is 16.5. The summed E-state index contributed by atoms with van der Waals surface area (Å²) in [6.07, 6.45) is 0.314. The van der Waals surface area contributed by atoms with Crippen LogP contribution in [0.4, 0.5) is 5.69 Å². The standard InChI is InChI=1S/C20H28N4O2/c1-13-9-14(2)20(15(3)10-13)21-18(25)12-23(6)19(26)7-8-24-17(5)11-16(4)22-24/h9-11H,7-8,12H2,1-6H3,(H,21,25). The number of likely N-dealkylation sites (N-methyl/N-ethyl adjacent to an activating group) is 1. The molecule has 0 aliphatic carbocycles. The molecule has 0 atom stereocenters. The molecule has 0 unspecified atom stereocenters. The van der Waals surface area contributed by atoms with Gasteiger partial charge >= 0.3 is 0 Å². The molecule has 140 valence electrons. The van der Waals surface area contributed by atoms with Gasteiger partial charge in [0.25, 0.3) is 0 Å². The van der Waals surface area contributed by atoms with E-state index in [0.717, 1.165) is 33.8 Å². The molecule has 0 spiro atoms. The zero-order valence-corrected chi connectivity index (χ0v) is 16.5. The Balaban J connectivity index is 1.90. The first kappa shape index (κ1) is 19.7. The SMILES string of the molecule is Cc1cc(C)c(NC(=O)CN(C)C(=O)CCn2nc(C)cc2C)c(C)c1. The summed E-state index contributed by atoms with van der Waals surface area (Å²) in [6, 6.07) is 6.05. The largest absolute Gasteiger partial charge is 0.336 e. The monoisotopic (exact) mass is 356 g/mol. The Morgan fingerprint density at radius 2 is 1.69 bits per heavy atom. The second-order valence-electron chi connectivity index (χ2n) is 6.97. The highest BCUT2D eigenvalue weighted by atomic mass is 16.2. The molecule has 1 aromatic carbocycles. The molecular weight excluding hydrogens is 328 g/mol. The van der Waals surface area contributed by atoms with E-state index in [4.69, 9.17) is 0 Å². The molecular formula is C20H28N4O2. The Morgan fingerprint density at radius 3 is 2.23 bits per heavy atom. The molecule has 0 radical (unpaired) electrons. The van der Waals surface area contributed by atoms with E-state index in [1.54, 1.807) is 7.05 Å². The topological polar surface area (TPSA) is 67.2 Å². The third kappa shape index (κ3) is 4.94. The van der Waals surface area contributed by atoms with Gasteiger partial charge in [-0.25, -0.2) is 0 Å². The van der Waals surface area contributed by atoms with Gasteiger partial charge in [0.2, 0.25) is 11.8 Å². The molecule has 1 heterocycles. The average Bonchev–Trinajstić information content (AvgIpc) is 2.86. The number of carbonyl (C=O) groups is 2. The van der Waals surface area contributed by atoms with Crippen LogP contribution in [0.15, 0.2) is 18.2 Å². The molecule has 0 saturated carbocycles. The first-order valence-corrected chi connectivity index (χ1v) is 8.80. The number of amides is 2. The van der Waals surface area contributed by atoms with Crippen molar-refractivity contribution in [1.82, 2.24) is 14.7 Å². The molecule has 0 saturated heterocycles. The van der Waals surface area contributed by atoms with Crippen LogP contribution < -0.4 is 5.32 Å². The molecule has 6 nitrogen and oxygen atoms in total. The normalized spacial score (nSPS) is 10.7. The third-order valence-electron chi connectivity index (χ3n) is 4.39. The summed E-state index contributed by atoms with van der Waals surface area (Å²) >= 11 is 0. The van der Waals surface area contributed by atoms with Crippen LogP contribution in [0.2, 0.25) is 0 Å². The zero-order chi connectivity index (χ0) is 19.4. The van der Waals surface area contributed by atoms with Crippen LogP contribution in [0.25, 0.3) is 0 Å². The number of hydrogen-bond donors (Lipinski definition) is 1. The Hall–Kier alpha value is -2.63. The average molecular weight is 356 g/mol. The van der Waals surface area contributed by atoms with Gasteiger partial charge in [-0.2, -0.15) is 5.10 Å². The lowest BCUT2D eigenvalue weighted by molar-refractivity contribution is -0.133. The molecule has 1 aromatic heterocycles. The number of nitrogens with one attached hydrogen (secondary N) is 1. The highest BCUT2D eigenvalue weighted by Crippen LogP contribution is 2.21. The summed E-state index contributed by atoms with van der Waals surface area (Å²) < 4.78 is 1.82. The lowest BCUT2D eigenvalue weighted by Gasteiger charge is -2.18. The van der Waals surface area contributed by atoms with Gasteiger partial charge in [0.1, 0.15) is 0 Å². The maximum atomic E-state index is 12.3. The van der Waals surface area contributed by atoms with E-state index in [2.05, 4.69) is 10.4 Å².